The van der Waals surface area contributed by atoms with Crippen molar-refractivity contribution in [2.24, 2.45) is 0 Å². The summed E-state index contributed by atoms with van der Waals surface area (Å²) in [6.07, 6.45) is 0. The van der Waals surface area contributed by atoms with Gasteiger partial charge in [0.15, 0.2) is 0 Å². The third-order valence-corrected chi connectivity index (χ3v) is 4.79. The zero-order chi connectivity index (χ0) is 16.7. The van der Waals surface area contributed by atoms with Crippen LogP contribution in [0, 0.1) is 6.92 Å². The van der Waals surface area contributed by atoms with Crippen molar-refractivity contribution >= 4 is 51.7 Å². The van der Waals surface area contributed by atoms with E-state index in [1.165, 1.54) is 6.07 Å². The van der Waals surface area contributed by atoms with E-state index in [4.69, 9.17) is 34.8 Å². The first-order valence-electron chi connectivity index (χ1n) is 6.65. The summed E-state index contributed by atoms with van der Waals surface area (Å²) in [7, 11) is 0. The van der Waals surface area contributed by atoms with Crippen molar-refractivity contribution in [2.75, 3.05) is 0 Å². The fourth-order valence-electron chi connectivity index (χ4n) is 2.37. The first-order chi connectivity index (χ1) is 10.9. The number of aromatic nitrogens is 1. The summed E-state index contributed by atoms with van der Waals surface area (Å²) in [4.78, 5) is 16.0. The standard InChI is InChI=1S/C17H10Cl3NO2.K/c1-8-2-5-13-10(6-8)11(17(22)23)7-14(21-13)9-3-4-12(18)16(20)15(9)19;/h2-7H,1H3,(H,22,23);/q;+1/p-1. The molecule has 0 atom stereocenters. The van der Waals surface area contributed by atoms with Crippen LogP contribution in [-0.2, 0) is 0 Å². The fourth-order valence-corrected chi connectivity index (χ4v) is 3.00. The van der Waals surface area contributed by atoms with E-state index in [0.29, 0.717) is 27.2 Å². The number of carboxylic acids is 1. The minimum Gasteiger partial charge on any atom is -0.545 e. The van der Waals surface area contributed by atoms with E-state index in [-0.39, 0.29) is 67.0 Å². The maximum absolute atomic E-state index is 11.5. The van der Waals surface area contributed by atoms with Crippen LogP contribution in [0.3, 0.4) is 0 Å². The Morgan fingerprint density at radius 3 is 2.42 bits per heavy atom. The van der Waals surface area contributed by atoms with Gasteiger partial charge in [-0.1, -0.05) is 46.4 Å². The summed E-state index contributed by atoms with van der Waals surface area (Å²) in [5.41, 5.74) is 2.42. The first kappa shape index (κ1) is 20.1. The molecule has 7 heteroatoms. The summed E-state index contributed by atoms with van der Waals surface area (Å²) in [5, 5.41) is 12.8. The van der Waals surface area contributed by atoms with Crippen LogP contribution >= 0.6 is 34.8 Å². The Labute approximate surface area is 196 Å². The fraction of sp³-hybridized carbons (Fsp3) is 0.0588. The molecule has 3 rings (SSSR count). The van der Waals surface area contributed by atoms with Crippen LogP contribution in [0.4, 0.5) is 0 Å². The van der Waals surface area contributed by atoms with Gasteiger partial charge >= 0.3 is 51.4 Å². The van der Waals surface area contributed by atoms with E-state index < -0.39 is 5.97 Å². The number of nitrogens with zero attached hydrogens (tertiary/aromatic N) is 1. The van der Waals surface area contributed by atoms with Gasteiger partial charge in [-0.25, -0.2) is 4.98 Å². The van der Waals surface area contributed by atoms with Crippen molar-refractivity contribution in [2.45, 2.75) is 6.92 Å². The second-order valence-electron chi connectivity index (χ2n) is 5.09. The van der Waals surface area contributed by atoms with Gasteiger partial charge in [0.2, 0.25) is 0 Å². The number of fused-ring (bicyclic) bond motifs is 1. The third kappa shape index (κ3) is 3.81. The number of hydrogen-bond acceptors (Lipinski definition) is 3. The summed E-state index contributed by atoms with van der Waals surface area (Å²) in [5.74, 6) is -1.28. The van der Waals surface area contributed by atoms with Crippen LogP contribution < -0.4 is 56.5 Å². The Hall–Kier alpha value is -0.174. The SMILES string of the molecule is Cc1ccc2nc(-c3ccc(Cl)c(Cl)c3Cl)cc(C(=O)[O-])c2c1.[K+]. The molecule has 0 saturated carbocycles. The topological polar surface area (TPSA) is 53.0 Å². The minimum absolute atomic E-state index is 0. The molecule has 0 N–H and O–H groups in total. The molecular formula is C17H9Cl3KNO2. The summed E-state index contributed by atoms with van der Waals surface area (Å²) >= 11 is 18.2. The molecule has 0 aliphatic heterocycles. The number of aromatic carboxylic acids is 1. The van der Waals surface area contributed by atoms with Crippen LogP contribution in [-0.4, -0.2) is 11.0 Å². The van der Waals surface area contributed by atoms with Crippen molar-refractivity contribution < 1.29 is 61.3 Å². The monoisotopic (exact) mass is 403 g/mol. The molecule has 0 fully saturated rings. The van der Waals surface area contributed by atoms with Crippen LogP contribution in [0.25, 0.3) is 22.2 Å². The second-order valence-corrected chi connectivity index (χ2v) is 6.25. The van der Waals surface area contributed by atoms with Gasteiger partial charge in [-0.05, 0) is 37.3 Å². The number of hydrogen-bond donors (Lipinski definition) is 0. The predicted octanol–water partition coefficient (Wildman–Crippen LogP) is 1.54. The molecule has 0 bridgehead atoms. The van der Waals surface area contributed by atoms with Crippen molar-refractivity contribution in [3.63, 3.8) is 0 Å². The zero-order valence-corrected chi connectivity index (χ0v) is 18.3. The predicted molar refractivity (Wildman–Crippen MR) is 91.3 cm³/mol. The van der Waals surface area contributed by atoms with E-state index >= 15 is 0 Å². The summed E-state index contributed by atoms with van der Waals surface area (Å²) < 4.78 is 0. The molecule has 0 aliphatic rings. The van der Waals surface area contributed by atoms with Gasteiger partial charge in [0, 0.05) is 16.5 Å². The van der Waals surface area contributed by atoms with Gasteiger partial charge in [0.25, 0.3) is 0 Å². The van der Waals surface area contributed by atoms with Crippen LogP contribution in [0.15, 0.2) is 36.4 Å². The number of aryl methyl sites for hydroxylation is 1. The van der Waals surface area contributed by atoms with Crippen molar-refractivity contribution in [1.29, 1.82) is 0 Å². The zero-order valence-electron chi connectivity index (χ0n) is 12.9. The van der Waals surface area contributed by atoms with E-state index in [9.17, 15) is 9.90 Å². The Bertz CT molecular complexity index is 960. The third-order valence-electron chi connectivity index (χ3n) is 3.50. The Balaban J connectivity index is 0.00000208. The quantitative estimate of drug-likeness (QED) is 0.481. The molecule has 0 spiro atoms. The molecule has 1 aromatic heterocycles. The van der Waals surface area contributed by atoms with Gasteiger partial charge < -0.3 is 9.90 Å². The number of halogens is 3. The number of carbonyl (C=O) groups excluding carboxylic acids is 1. The Kier molecular flexibility index (Phi) is 6.73. The summed E-state index contributed by atoms with van der Waals surface area (Å²) in [6.45, 7) is 1.88. The molecule has 0 radical (unpaired) electrons. The average molecular weight is 405 g/mol. The van der Waals surface area contributed by atoms with Crippen molar-refractivity contribution in [3.8, 4) is 11.3 Å². The molecule has 1 heterocycles. The molecule has 0 aliphatic carbocycles. The number of pyridine rings is 1. The van der Waals surface area contributed by atoms with E-state index in [1.807, 2.05) is 13.0 Å². The molecule has 24 heavy (non-hydrogen) atoms. The summed E-state index contributed by atoms with van der Waals surface area (Å²) in [6, 6.07) is 10.0. The average Bonchev–Trinajstić information content (AvgIpc) is 2.51. The Morgan fingerprint density at radius 1 is 1.04 bits per heavy atom. The largest absolute Gasteiger partial charge is 1.00 e. The number of carbonyl (C=O) groups is 1. The van der Waals surface area contributed by atoms with Crippen molar-refractivity contribution in [3.05, 3.63) is 62.6 Å². The van der Waals surface area contributed by atoms with E-state index in [1.54, 1.807) is 24.3 Å². The molecule has 0 amide bonds. The maximum Gasteiger partial charge on any atom is 1.00 e. The van der Waals surface area contributed by atoms with Crippen LogP contribution in [0.2, 0.25) is 15.1 Å². The molecular weight excluding hydrogens is 396 g/mol. The molecule has 116 valence electrons. The second kappa shape index (κ2) is 8.02. The van der Waals surface area contributed by atoms with Gasteiger partial charge in [-0.2, -0.15) is 0 Å². The van der Waals surface area contributed by atoms with Crippen molar-refractivity contribution in [1.82, 2.24) is 4.98 Å². The maximum atomic E-state index is 11.5. The molecule has 3 nitrogen and oxygen atoms in total. The Morgan fingerprint density at radius 2 is 1.75 bits per heavy atom. The van der Waals surface area contributed by atoms with Gasteiger partial charge in [-0.15, -0.1) is 0 Å². The molecule has 3 aromatic rings. The van der Waals surface area contributed by atoms with Crippen LogP contribution in [0.1, 0.15) is 15.9 Å². The van der Waals surface area contributed by atoms with Gasteiger partial charge in [0.05, 0.1) is 32.2 Å². The number of rotatable bonds is 2. The van der Waals surface area contributed by atoms with Gasteiger partial charge in [0.1, 0.15) is 0 Å². The van der Waals surface area contributed by atoms with Crippen LogP contribution in [0.5, 0.6) is 0 Å². The first-order valence-corrected chi connectivity index (χ1v) is 7.78. The number of benzene rings is 2. The minimum atomic E-state index is -1.28. The molecule has 2 aromatic carbocycles. The number of carboxylic acid groups (broad SMARTS) is 1. The molecule has 0 unspecified atom stereocenters. The van der Waals surface area contributed by atoms with Gasteiger partial charge in [-0.3, -0.25) is 0 Å². The normalized spacial score (nSPS) is 10.5. The smallest absolute Gasteiger partial charge is 0.545 e. The van der Waals surface area contributed by atoms with E-state index in [0.717, 1.165) is 5.56 Å². The molecule has 0 saturated heterocycles. The van der Waals surface area contributed by atoms with E-state index in [2.05, 4.69) is 4.98 Å².